The van der Waals surface area contributed by atoms with E-state index >= 15 is 0 Å². The molecule has 0 bridgehead atoms. The van der Waals surface area contributed by atoms with Crippen molar-refractivity contribution in [3.05, 3.63) is 0 Å². The van der Waals surface area contributed by atoms with Gasteiger partial charge < -0.3 is 4.90 Å². The number of piperidine rings is 1. The van der Waals surface area contributed by atoms with E-state index in [1.165, 1.54) is 6.42 Å². The maximum absolute atomic E-state index is 11.2. The Bertz CT molecular complexity index is 200. The van der Waals surface area contributed by atoms with Crippen LogP contribution in [0.25, 0.3) is 0 Å². The zero-order valence-electron chi connectivity index (χ0n) is 9.26. The molecule has 0 aliphatic carbocycles. The van der Waals surface area contributed by atoms with Crippen molar-refractivity contribution in [2.45, 2.75) is 40.5 Å². The zero-order valence-corrected chi connectivity index (χ0v) is 9.26. The van der Waals surface area contributed by atoms with Crippen molar-refractivity contribution < 1.29 is 4.79 Å². The van der Waals surface area contributed by atoms with Gasteiger partial charge in [-0.05, 0) is 24.2 Å². The summed E-state index contributed by atoms with van der Waals surface area (Å²) >= 11 is 0. The van der Waals surface area contributed by atoms with E-state index in [2.05, 4.69) is 20.8 Å². The van der Waals surface area contributed by atoms with Gasteiger partial charge in [-0.2, -0.15) is 0 Å². The Balaban J connectivity index is 2.65. The van der Waals surface area contributed by atoms with Crippen LogP contribution in [0, 0.1) is 11.3 Å². The van der Waals surface area contributed by atoms with Gasteiger partial charge in [-0.15, -0.1) is 0 Å². The molecule has 1 rings (SSSR count). The summed E-state index contributed by atoms with van der Waals surface area (Å²) in [5, 5.41) is 0. The number of carbonyl (C=O) groups is 1. The van der Waals surface area contributed by atoms with E-state index < -0.39 is 0 Å². The van der Waals surface area contributed by atoms with E-state index in [0.717, 1.165) is 19.5 Å². The maximum Gasteiger partial charge on any atom is 0.219 e. The SMILES string of the molecule is CC(=O)N1CCC[C@@](C)(C(C)C)C1. The van der Waals surface area contributed by atoms with E-state index in [-0.39, 0.29) is 5.91 Å². The first-order valence-corrected chi connectivity index (χ1v) is 5.21. The van der Waals surface area contributed by atoms with Gasteiger partial charge in [-0.25, -0.2) is 0 Å². The summed E-state index contributed by atoms with van der Waals surface area (Å²) in [4.78, 5) is 13.2. The first-order valence-electron chi connectivity index (χ1n) is 5.21. The predicted octanol–water partition coefficient (Wildman–Crippen LogP) is 2.29. The van der Waals surface area contributed by atoms with Crippen LogP contribution in [0.2, 0.25) is 0 Å². The van der Waals surface area contributed by atoms with Crippen LogP contribution >= 0.6 is 0 Å². The Morgan fingerprint density at radius 1 is 1.46 bits per heavy atom. The van der Waals surface area contributed by atoms with Crippen LogP contribution in [0.1, 0.15) is 40.5 Å². The van der Waals surface area contributed by atoms with Crippen molar-refractivity contribution >= 4 is 5.91 Å². The lowest BCUT2D eigenvalue weighted by atomic mass is 9.73. The lowest BCUT2D eigenvalue weighted by Gasteiger charge is -2.43. The van der Waals surface area contributed by atoms with E-state index in [0.29, 0.717) is 11.3 Å². The van der Waals surface area contributed by atoms with Crippen molar-refractivity contribution in [3.8, 4) is 0 Å². The summed E-state index contributed by atoms with van der Waals surface area (Å²) in [7, 11) is 0. The van der Waals surface area contributed by atoms with Crippen LogP contribution in [0.4, 0.5) is 0 Å². The number of likely N-dealkylation sites (tertiary alicyclic amines) is 1. The first kappa shape index (κ1) is 10.6. The van der Waals surface area contributed by atoms with Crippen LogP contribution < -0.4 is 0 Å². The fourth-order valence-corrected chi connectivity index (χ4v) is 2.01. The molecule has 0 radical (unpaired) electrons. The van der Waals surface area contributed by atoms with E-state index in [1.54, 1.807) is 6.92 Å². The lowest BCUT2D eigenvalue weighted by molar-refractivity contribution is -0.132. The quantitative estimate of drug-likeness (QED) is 0.611. The third kappa shape index (κ3) is 2.23. The Labute approximate surface area is 81.3 Å². The van der Waals surface area contributed by atoms with Crippen molar-refractivity contribution in [1.82, 2.24) is 4.90 Å². The largest absolute Gasteiger partial charge is 0.342 e. The minimum absolute atomic E-state index is 0.228. The predicted molar refractivity (Wildman–Crippen MR) is 54.4 cm³/mol. The van der Waals surface area contributed by atoms with Gasteiger partial charge in [0.15, 0.2) is 0 Å². The van der Waals surface area contributed by atoms with Gasteiger partial charge in [0.05, 0.1) is 0 Å². The highest BCUT2D eigenvalue weighted by molar-refractivity contribution is 5.73. The molecular formula is C11H21NO. The van der Waals surface area contributed by atoms with Crippen molar-refractivity contribution in [2.75, 3.05) is 13.1 Å². The van der Waals surface area contributed by atoms with Gasteiger partial charge in [-0.3, -0.25) is 4.79 Å². The van der Waals surface area contributed by atoms with Gasteiger partial charge in [0.25, 0.3) is 0 Å². The third-order valence-corrected chi connectivity index (χ3v) is 3.57. The molecule has 1 atom stereocenters. The number of hydrogen-bond acceptors (Lipinski definition) is 1. The molecule has 0 aromatic carbocycles. The number of carbonyl (C=O) groups excluding carboxylic acids is 1. The van der Waals surface area contributed by atoms with E-state index in [1.807, 2.05) is 4.90 Å². The molecule has 1 fully saturated rings. The van der Waals surface area contributed by atoms with Crippen LogP contribution in [-0.4, -0.2) is 23.9 Å². The molecule has 0 N–H and O–H groups in total. The topological polar surface area (TPSA) is 20.3 Å². The summed E-state index contributed by atoms with van der Waals surface area (Å²) in [5.74, 6) is 0.890. The highest BCUT2D eigenvalue weighted by Gasteiger charge is 2.34. The molecule has 2 heteroatoms. The maximum atomic E-state index is 11.2. The molecule has 0 aromatic rings. The fraction of sp³-hybridized carbons (Fsp3) is 0.909. The Morgan fingerprint density at radius 3 is 2.54 bits per heavy atom. The molecule has 1 aliphatic heterocycles. The second-order valence-corrected chi connectivity index (χ2v) is 4.85. The molecule has 13 heavy (non-hydrogen) atoms. The lowest BCUT2D eigenvalue weighted by Crippen LogP contribution is -2.46. The second-order valence-electron chi connectivity index (χ2n) is 4.85. The molecule has 1 heterocycles. The first-order chi connectivity index (χ1) is 5.96. The second kappa shape index (κ2) is 3.69. The smallest absolute Gasteiger partial charge is 0.219 e. The number of nitrogens with zero attached hydrogens (tertiary/aromatic N) is 1. The summed E-state index contributed by atoms with van der Waals surface area (Å²) in [6, 6.07) is 0. The Hall–Kier alpha value is -0.530. The molecule has 0 spiro atoms. The van der Waals surface area contributed by atoms with Crippen LogP contribution in [0.3, 0.4) is 0 Å². The van der Waals surface area contributed by atoms with Crippen LogP contribution in [-0.2, 0) is 4.79 Å². The Kier molecular flexibility index (Phi) is 2.99. The van der Waals surface area contributed by atoms with Crippen LogP contribution in [0.5, 0.6) is 0 Å². The van der Waals surface area contributed by atoms with Gasteiger partial charge in [0, 0.05) is 20.0 Å². The van der Waals surface area contributed by atoms with Gasteiger partial charge in [-0.1, -0.05) is 20.8 Å². The minimum atomic E-state index is 0.228. The molecule has 1 saturated heterocycles. The average Bonchev–Trinajstić information content (AvgIpc) is 2.04. The number of amides is 1. The zero-order chi connectivity index (χ0) is 10.1. The standard InChI is InChI=1S/C11H21NO/c1-9(2)11(4)6-5-7-12(8-11)10(3)13/h9H,5-8H2,1-4H3/t11-/m1/s1. The molecule has 1 aliphatic rings. The van der Waals surface area contributed by atoms with Gasteiger partial charge in [0.2, 0.25) is 5.91 Å². The summed E-state index contributed by atoms with van der Waals surface area (Å²) < 4.78 is 0. The summed E-state index contributed by atoms with van der Waals surface area (Å²) in [6.07, 6.45) is 2.42. The summed E-state index contributed by atoms with van der Waals surface area (Å²) in [5.41, 5.74) is 0.337. The molecular weight excluding hydrogens is 162 g/mol. The number of rotatable bonds is 1. The molecule has 2 nitrogen and oxygen atoms in total. The monoisotopic (exact) mass is 183 g/mol. The molecule has 0 aromatic heterocycles. The van der Waals surface area contributed by atoms with Crippen molar-refractivity contribution in [1.29, 1.82) is 0 Å². The highest BCUT2D eigenvalue weighted by Crippen LogP contribution is 2.36. The minimum Gasteiger partial charge on any atom is -0.342 e. The molecule has 76 valence electrons. The molecule has 1 amide bonds. The fourth-order valence-electron chi connectivity index (χ4n) is 2.01. The molecule has 0 saturated carbocycles. The van der Waals surface area contributed by atoms with E-state index in [4.69, 9.17) is 0 Å². The third-order valence-electron chi connectivity index (χ3n) is 3.57. The average molecular weight is 183 g/mol. The molecule has 0 unspecified atom stereocenters. The van der Waals surface area contributed by atoms with Crippen molar-refractivity contribution in [3.63, 3.8) is 0 Å². The van der Waals surface area contributed by atoms with Gasteiger partial charge in [0.1, 0.15) is 0 Å². The van der Waals surface area contributed by atoms with Crippen molar-refractivity contribution in [2.24, 2.45) is 11.3 Å². The van der Waals surface area contributed by atoms with E-state index in [9.17, 15) is 4.79 Å². The van der Waals surface area contributed by atoms with Gasteiger partial charge >= 0.3 is 0 Å². The number of hydrogen-bond donors (Lipinski definition) is 0. The van der Waals surface area contributed by atoms with Crippen LogP contribution in [0.15, 0.2) is 0 Å². The normalized spacial score (nSPS) is 29.5. The Morgan fingerprint density at radius 2 is 2.08 bits per heavy atom. The summed E-state index contributed by atoms with van der Waals surface area (Å²) in [6.45, 7) is 10.4. The highest BCUT2D eigenvalue weighted by atomic mass is 16.2.